The number of nitrogens with zero attached hydrogens (tertiary/aromatic N) is 3. The smallest absolute Gasteiger partial charge is 0.317 e. The maximum Gasteiger partial charge on any atom is 0.317 e. The first-order chi connectivity index (χ1) is 8.56. The number of aliphatic carboxylic acids is 1. The van der Waals surface area contributed by atoms with Crippen LogP contribution in [-0.2, 0) is 18.4 Å². The third kappa shape index (κ3) is 3.10. The zero-order valence-corrected chi connectivity index (χ0v) is 11.1. The third-order valence-corrected chi connectivity index (χ3v) is 3.64. The number of carboxylic acids is 1. The van der Waals surface area contributed by atoms with Gasteiger partial charge in [0.1, 0.15) is 0 Å². The normalized spacial score (nSPS) is 16.6. The molecular weight excluding hydrogens is 230 g/mol. The van der Waals surface area contributed by atoms with Crippen molar-refractivity contribution in [2.45, 2.75) is 45.2 Å². The Hall–Kier alpha value is -1.36. The van der Waals surface area contributed by atoms with Crippen LogP contribution in [0, 0.1) is 6.92 Å². The van der Waals surface area contributed by atoms with E-state index in [-0.39, 0.29) is 6.54 Å². The summed E-state index contributed by atoms with van der Waals surface area (Å²) >= 11 is 0. The second-order valence-corrected chi connectivity index (χ2v) is 5.14. The third-order valence-electron chi connectivity index (χ3n) is 3.64. The molecule has 1 aliphatic carbocycles. The average molecular weight is 251 g/mol. The zero-order chi connectivity index (χ0) is 13.1. The lowest BCUT2D eigenvalue weighted by atomic mass is 10.2. The highest BCUT2D eigenvalue weighted by atomic mass is 16.4. The molecule has 0 bridgehead atoms. The number of hydrogen-bond acceptors (Lipinski definition) is 3. The van der Waals surface area contributed by atoms with Crippen LogP contribution in [0.3, 0.4) is 0 Å². The first-order valence-electron chi connectivity index (χ1n) is 6.51. The fourth-order valence-electron chi connectivity index (χ4n) is 2.78. The molecule has 0 saturated heterocycles. The molecule has 0 unspecified atom stereocenters. The molecule has 1 aromatic rings. The van der Waals surface area contributed by atoms with Gasteiger partial charge in [0.15, 0.2) is 0 Å². The molecule has 1 aromatic heterocycles. The second-order valence-electron chi connectivity index (χ2n) is 5.14. The Labute approximate surface area is 107 Å². The molecule has 0 aromatic carbocycles. The molecule has 18 heavy (non-hydrogen) atoms. The van der Waals surface area contributed by atoms with E-state index < -0.39 is 5.97 Å². The fourth-order valence-corrected chi connectivity index (χ4v) is 2.78. The van der Waals surface area contributed by atoms with E-state index in [1.54, 1.807) is 0 Å². The minimum absolute atomic E-state index is 0.120. The van der Waals surface area contributed by atoms with Crippen LogP contribution in [0.25, 0.3) is 0 Å². The van der Waals surface area contributed by atoms with Crippen molar-refractivity contribution in [2.24, 2.45) is 7.05 Å². The summed E-state index contributed by atoms with van der Waals surface area (Å²) in [4.78, 5) is 13.1. The Bertz CT molecular complexity index is 422. The molecule has 1 aliphatic rings. The van der Waals surface area contributed by atoms with Gasteiger partial charge in [0.05, 0.1) is 17.9 Å². The summed E-state index contributed by atoms with van der Waals surface area (Å²) < 4.78 is 1.85. The van der Waals surface area contributed by atoms with Crippen LogP contribution in [0.2, 0.25) is 0 Å². The van der Waals surface area contributed by atoms with Gasteiger partial charge in [-0.05, 0) is 25.8 Å². The summed E-state index contributed by atoms with van der Waals surface area (Å²) in [5, 5.41) is 13.3. The van der Waals surface area contributed by atoms with E-state index in [2.05, 4.69) is 10.00 Å². The summed E-state index contributed by atoms with van der Waals surface area (Å²) in [6.45, 7) is 2.75. The standard InChI is InChI=1S/C13H21N3O2/c1-10-7-12(15(2)14-10)8-16(9-13(17)18)11-5-3-4-6-11/h7,11H,3-6,8-9H2,1-2H3,(H,17,18). The first-order valence-corrected chi connectivity index (χ1v) is 6.51. The van der Waals surface area contributed by atoms with Crippen molar-refractivity contribution in [3.05, 3.63) is 17.5 Å². The lowest BCUT2D eigenvalue weighted by Gasteiger charge is -2.26. The van der Waals surface area contributed by atoms with Crippen LogP contribution >= 0.6 is 0 Å². The predicted octanol–water partition coefficient (Wildman–Crippen LogP) is 1.56. The molecule has 0 radical (unpaired) electrons. The van der Waals surface area contributed by atoms with Gasteiger partial charge in [0.25, 0.3) is 0 Å². The van der Waals surface area contributed by atoms with Crippen molar-refractivity contribution in [2.75, 3.05) is 6.54 Å². The molecule has 1 saturated carbocycles. The van der Waals surface area contributed by atoms with Gasteiger partial charge >= 0.3 is 5.97 Å². The summed E-state index contributed by atoms with van der Waals surface area (Å²) in [5.41, 5.74) is 2.06. The maximum absolute atomic E-state index is 11.0. The number of carbonyl (C=O) groups is 1. The Kier molecular flexibility index (Phi) is 4.01. The Morgan fingerprint density at radius 2 is 2.22 bits per heavy atom. The zero-order valence-electron chi connectivity index (χ0n) is 11.1. The van der Waals surface area contributed by atoms with Crippen LogP contribution in [0.1, 0.15) is 37.1 Å². The SMILES string of the molecule is Cc1cc(CN(CC(=O)O)C2CCCC2)n(C)n1. The van der Waals surface area contributed by atoms with Crippen molar-refractivity contribution in [3.8, 4) is 0 Å². The topological polar surface area (TPSA) is 58.4 Å². The molecule has 0 amide bonds. The number of aryl methyl sites for hydroxylation is 2. The van der Waals surface area contributed by atoms with E-state index >= 15 is 0 Å². The monoisotopic (exact) mass is 251 g/mol. The van der Waals surface area contributed by atoms with Gasteiger partial charge < -0.3 is 5.11 Å². The van der Waals surface area contributed by atoms with Gasteiger partial charge in [0.2, 0.25) is 0 Å². The van der Waals surface area contributed by atoms with Crippen molar-refractivity contribution in [3.63, 3.8) is 0 Å². The Morgan fingerprint density at radius 3 is 2.72 bits per heavy atom. The number of aromatic nitrogens is 2. The minimum atomic E-state index is -0.749. The maximum atomic E-state index is 11.0. The van der Waals surface area contributed by atoms with E-state index in [4.69, 9.17) is 5.11 Å². The van der Waals surface area contributed by atoms with Gasteiger partial charge in [-0.15, -0.1) is 0 Å². The molecule has 1 fully saturated rings. The Morgan fingerprint density at radius 1 is 1.56 bits per heavy atom. The van der Waals surface area contributed by atoms with E-state index in [1.807, 2.05) is 24.7 Å². The molecule has 100 valence electrons. The van der Waals surface area contributed by atoms with E-state index in [0.29, 0.717) is 12.6 Å². The van der Waals surface area contributed by atoms with Crippen molar-refractivity contribution < 1.29 is 9.90 Å². The molecule has 0 aliphatic heterocycles. The second kappa shape index (κ2) is 5.52. The highest BCUT2D eigenvalue weighted by Crippen LogP contribution is 2.24. The van der Waals surface area contributed by atoms with Crippen molar-refractivity contribution in [1.82, 2.24) is 14.7 Å². The van der Waals surface area contributed by atoms with E-state index in [1.165, 1.54) is 12.8 Å². The highest BCUT2D eigenvalue weighted by Gasteiger charge is 2.25. The number of hydrogen-bond donors (Lipinski definition) is 1. The summed E-state index contributed by atoms with van der Waals surface area (Å²) in [6, 6.07) is 2.44. The van der Waals surface area contributed by atoms with E-state index in [0.717, 1.165) is 24.2 Å². The number of rotatable bonds is 5. The largest absolute Gasteiger partial charge is 0.480 e. The van der Waals surface area contributed by atoms with Crippen LogP contribution < -0.4 is 0 Å². The first kappa shape index (κ1) is 13.1. The minimum Gasteiger partial charge on any atom is -0.480 e. The van der Waals surface area contributed by atoms with Crippen molar-refractivity contribution >= 4 is 5.97 Å². The molecule has 5 heteroatoms. The van der Waals surface area contributed by atoms with Crippen LogP contribution in [0.4, 0.5) is 0 Å². The van der Waals surface area contributed by atoms with Gasteiger partial charge in [-0.25, -0.2) is 0 Å². The fraction of sp³-hybridized carbons (Fsp3) is 0.692. The number of carboxylic acid groups (broad SMARTS) is 1. The summed E-state index contributed by atoms with van der Waals surface area (Å²) in [6.07, 6.45) is 4.66. The molecule has 1 heterocycles. The lowest BCUT2D eigenvalue weighted by molar-refractivity contribution is -0.139. The van der Waals surface area contributed by atoms with Crippen molar-refractivity contribution in [1.29, 1.82) is 0 Å². The van der Waals surface area contributed by atoms with E-state index in [9.17, 15) is 4.79 Å². The highest BCUT2D eigenvalue weighted by molar-refractivity contribution is 5.69. The van der Waals surface area contributed by atoms with Gasteiger partial charge in [0, 0.05) is 19.6 Å². The van der Waals surface area contributed by atoms with Crippen LogP contribution in [-0.4, -0.2) is 38.3 Å². The molecule has 2 rings (SSSR count). The lowest BCUT2D eigenvalue weighted by Crippen LogP contribution is -2.37. The molecule has 0 atom stereocenters. The molecule has 1 N–H and O–H groups in total. The quantitative estimate of drug-likeness (QED) is 0.862. The average Bonchev–Trinajstić information content (AvgIpc) is 2.87. The van der Waals surface area contributed by atoms with Crippen LogP contribution in [0.5, 0.6) is 0 Å². The summed E-state index contributed by atoms with van der Waals surface area (Å²) in [5.74, 6) is -0.749. The van der Waals surface area contributed by atoms with Gasteiger partial charge in [-0.1, -0.05) is 12.8 Å². The Balaban J connectivity index is 2.08. The molecule has 0 spiro atoms. The van der Waals surface area contributed by atoms with Gasteiger partial charge in [-0.2, -0.15) is 5.10 Å². The summed E-state index contributed by atoms with van der Waals surface area (Å²) in [7, 11) is 1.91. The van der Waals surface area contributed by atoms with Gasteiger partial charge in [-0.3, -0.25) is 14.4 Å². The van der Waals surface area contributed by atoms with Crippen LogP contribution in [0.15, 0.2) is 6.07 Å². The predicted molar refractivity (Wildman–Crippen MR) is 68.2 cm³/mol. The molecular formula is C13H21N3O2. The molecule has 5 nitrogen and oxygen atoms in total.